The second kappa shape index (κ2) is 6.91. The Bertz CT molecular complexity index is 607. The number of likely N-dealkylation sites (tertiary alicyclic amines) is 1. The third-order valence-corrected chi connectivity index (χ3v) is 4.85. The minimum absolute atomic E-state index is 0.0512. The van der Waals surface area contributed by atoms with Crippen LogP contribution in [-0.4, -0.2) is 70.6 Å². The largest absolute Gasteiger partial charge is 0.388 e. The highest BCUT2D eigenvalue weighted by molar-refractivity contribution is 5.87. The fourth-order valence-corrected chi connectivity index (χ4v) is 3.56. The molecule has 6 heteroatoms. The number of hydrogen-bond acceptors (Lipinski definition) is 4. The molecular weight excluding hydrogens is 306 g/mol. The van der Waals surface area contributed by atoms with Crippen LogP contribution < -0.4 is 0 Å². The van der Waals surface area contributed by atoms with Gasteiger partial charge in [-0.15, -0.1) is 0 Å². The van der Waals surface area contributed by atoms with Crippen molar-refractivity contribution in [1.82, 2.24) is 14.7 Å². The van der Waals surface area contributed by atoms with E-state index >= 15 is 0 Å². The van der Waals surface area contributed by atoms with E-state index in [1.165, 1.54) is 15.4 Å². The molecule has 0 aliphatic carbocycles. The summed E-state index contributed by atoms with van der Waals surface area (Å²) in [4.78, 5) is 29.3. The standard InChI is InChI=1S/C18H25N3O3/c1-19-14-21(12-17(19)23)16(22)10-18(24)8-5-9-20(13-18)11-15-6-3-2-4-7-15/h2-4,6-7,24H,5,8-14H2,1H3. The second-order valence-corrected chi connectivity index (χ2v) is 7.03. The molecule has 1 aromatic carbocycles. The Morgan fingerprint density at radius 1 is 1.29 bits per heavy atom. The van der Waals surface area contributed by atoms with Crippen molar-refractivity contribution >= 4 is 11.8 Å². The number of aliphatic hydroxyl groups is 1. The SMILES string of the molecule is CN1CN(C(=O)CC2(O)CCCN(Cc3ccccc3)C2)CC1=O. The quantitative estimate of drug-likeness (QED) is 0.880. The Labute approximate surface area is 142 Å². The third kappa shape index (κ3) is 3.94. The molecule has 2 saturated heterocycles. The average molecular weight is 331 g/mol. The van der Waals surface area contributed by atoms with Crippen molar-refractivity contribution in [2.75, 3.05) is 33.4 Å². The molecule has 2 aliphatic heterocycles. The molecule has 1 N–H and O–H groups in total. The average Bonchev–Trinajstić information content (AvgIpc) is 2.87. The molecule has 2 heterocycles. The summed E-state index contributed by atoms with van der Waals surface area (Å²) < 4.78 is 0. The van der Waals surface area contributed by atoms with Gasteiger partial charge < -0.3 is 14.9 Å². The zero-order valence-electron chi connectivity index (χ0n) is 14.1. The van der Waals surface area contributed by atoms with Crippen LogP contribution in [0.5, 0.6) is 0 Å². The molecule has 2 fully saturated rings. The second-order valence-electron chi connectivity index (χ2n) is 7.03. The molecule has 130 valence electrons. The van der Waals surface area contributed by atoms with E-state index in [2.05, 4.69) is 17.0 Å². The van der Waals surface area contributed by atoms with Gasteiger partial charge in [0.2, 0.25) is 11.8 Å². The van der Waals surface area contributed by atoms with Crippen molar-refractivity contribution in [3.63, 3.8) is 0 Å². The number of benzene rings is 1. The van der Waals surface area contributed by atoms with Gasteiger partial charge in [-0.1, -0.05) is 30.3 Å². The van der Waals surface area contributed by atoms with Gasteiger partial charge in [-0.25, -0.2) is 0 Å². The maximum Gasteiger partial charge on any atom is 0.243 e. The highest BCUT2D eigenvalue weighted by Gasteiger charge is 2.38. The molecule has 0 spiro atoms. The van der Waals surface area contributed by atoms with Gasteiger partial charge in [0, 0.05) is 20.1 Å². The number of likely N-dealkylation sites (N-methyl/N-ethyl adjacent to an activating group) is 1. The number of hydrogen-bond donors (Lipinski definition) is 1. The van der Waals surface area contributed by atoms with Crippen LogP contribution in [0.25, 0.3) is 0 Å². The summed E-state index contributed by atoms with van der Waals surface area (Å²) in [6, 6.07) is 10.2. The van der Waals surface area contributed by atoms with Crippen molar-refractivity contribution in [2.24, 2.45) is 0 Å². The topological polar surface area (TPSA) is 64.1 Å². The summed E-state index contributed by atoms with van der Waals surface area (Å²) in [7, 11) is 1.69. The van der Waals surface area contributed by atoms with E-state index in [1.807, 2.05) is 18.2 Å². The molecule has 3 rings (SSSR count). The van der Waals surface area contributed by atoms with E-state index in [4.69, 9.17) is 0 Å². The number of amides is 2. The van der Waals surface area contributed by atoms with Gasteiger partial charge in [0.1, 0.15) is 6.54 Å². The number of carbonyl (C=O) groups is 2. The van der Waals surface area contributed by atoms with Crippen molar-refractivity contribution in [1.29, 1.82) is 0 Å². The first-order valence-electron chi connectivity index (χ1n) is 8.46. The predicted octanol–water partition coefficient (Wildman–Crippen LogP) is 0.662. The van der Waals surface area contributed by atoms with E-state index in [0.717, 1.165) is 19.5 Å². The van der Waals surface area contributed by atoms with Crippen molar-refractivity contribution in [2.45, 2.75) is 31.4 Å². The van der Waals surface area contributed by atoms with Crippen molar-refractivity contribution in [3.8, 4) is 0 Å². The first-order valence-corrected chi connectivity index (χ1v) is 8.46. The fraction of sp³-hybridized carbons (Fsp3) is 0.556. The first-order chi connectivity index (χ1) is 11.5. The molecule has 1 aromatic rings. The lowest BCUT2D eigenvalue weighted by Crippen LogP contribution is -2.50. The normalized spacial score (nSPS) is 25.3. The minimum atomic E-state index is -1.01. The van der Waals surface area contributed by atoms with E-state index < -0.39 is 5.60 Å². The van der Waals surface area contributed by atoms with Crippen LogP contribution in [0.2, 0.25) is 0 Å². The lowest BCUT2D eigenvalue weighted by atomic mass is 9.89. The number of β-amino-alcohol motifs (C(OH)–C–C–N with tert-alkyl or cyclic N) is 1. The van der Waals surface area contributed by atoms with Gasteiger partial charge in [-0.3, -0.25) is 14.5 Å². The monoisotopic (exact) mass is 331 g/mol. The molecule has 2 aliphatic rings. The lowest BCUT2D eigenvalue weighted by Gasteiger charge is -2.39. The maximum absolute atomic E-state index is 12.4. The Morgan fingerprint density at radius 3 is 2.71 bits per heavy atom. The van der Waals surface area contributed by atoms with Gasteiger partial charge in [0.15, 0.2) is 0 Å². The van der Waals surface area contributed by atoms with E-state index in [0.29, 0.717) is 19.6 Å². The van der Waals surface area contributed by atoms with Crippen LogP contribution in [0, 0.1) is 0 Å². The van der Waals surface area contributed by atoms with Gasteiger partial charge >= 0.3 is 0 Å². The van der Waals surface area contributed by atoms with E-state index in [1.54, 1.807) is 7.05 Å². The molecular formula is C18H25N3O3. The maximum atomic E-state index is 12.4. The van der Waals surface area contributed by atoms with E-state index in [9.17, 15) is 14.7 Å². The molecule has 0 bridgehead atoms. The zero-order valence-corrected chi connectivity index (χ0v) is 14.1. The van der Waals surface area contributed by atoms with Crippen molar-refractivity contribution < 1.29 is 14.7 Å². The van der Waals surface area contributed by atoms with Crippen LogP contribution in [0.1, 0.15) is 24.8 Å². The molecule has 1 atom stereocenters. The van der Waals surface area contributed by atoms with Gasteiger partial charge in [0.05, 0.1) is 18.7 Å². The molecule has 2 amide bonds. The summed E-state index contributed by atoms with van der Waals surface area (Å²) in [5, 5.41) is 10.9. The number of piperidine rings is 1. The fourth-order valence-electron chi connectivity index (χ4n) is 3.56. The lowest BCUT2D eigenvalue weighted by molar-refractivity contribution is -0.139. The Balaban J connectivity index is 1.58. The zero-order chi connectivity index (χ0) is 17.2. The molecule has 24 heavy (non-hydrogen) atoms. The van der Waals surface area contributed by atoms with Crippen LogP contribution in [-0.2, 0) is 16.1 Å². The molecule has 0 aromatic heterocycles. The Kier molecular flexibility index (Phi) is 4.87. The van der Waals surface area contributed by atoms with Crippen LogP contribution in [0.4, 0.5) is 0 Å². The highest BCUT2D eigenvalue weighted by Crippen LogP contribution is 2.27. The Hall–Kier alpha value is -1.92. The summed E-state index contributed by atoms with van der Waals surface area (Å²) in [6.45, 7) is 2.64. The van der Waals surface area contributed by atoms with Crippen LogP contribution in [0.3, 0.4) is 0 Å². The third-order valence-electron chi connectivity index (χ3n) is 4.85. The highest BCUT2D eigenvalue weighted by atomic mass is 16.3. The summed E-state index contributed by atoms with van der Waals surface area (Å²) in [5.41, 5.74) is 0.203. The summed E-state index contributed by atoms with van der Waals surface area (Å²) in [5.74, 6) is -0.193. The molecule has 6 nitrogen and oxygen atoms in total. The first kappa shape index (κ1) is 16.9. The van der Waals surface area contributed by atoms with Gasteiger partial charge in [0.25, 0.3) is 0 Å². The number of nitrogens with zero attached hydrogens (tertiary/aromatic N) is 3. The van der Waals surface area contributed by atoms with E-state index in [-0.39, 0.29) is 24.8 Å². The molecule has 0 saturated carbocycles. The van der Waals surface area contributed by atoms with Crippen molar-refractivity contribution in [3.05, 3.63) is 35.9 Å². The molecule has 1 unspecified atom stereocenters. The minimum Gasteiger partial charge on any atom is -0.388 e. The molecule has 0 radical (unpaired) electrons. The van der Waals surface area contributed by atoms with Crippen LogP contribution >= 0.6 is 0 Å². The summed E-state index contributed by atoms with van der Waals surface area (Å²) >= 11 is 0. The smallest absolute Gasteiger partial charge is 0.243 e. The van der Waals surface area contributed by atoms with Gasteiger partial charge in [-0.2, -0.15) is 0 Å². The summed E-state index contributed by atoms with van der Waals surface area (Å²) in [6.07, 6.45) is 1.58. The predicted molar refractivity (Wildman–Crippen MR) is 89.9 cm³/mol. The van der Waals surface area contributed by atoms with Gasteiger partial charge in [-0.05, 0) is 24.9 Å². The Morgan fingerprint density at radius 2 is 2.04 bits per heavy atom. The number of carbonyl (C=O) groups excluding carboxylic acids is 2. The number of rotatable bonds is 4. The van der Waals surface area contributed by atoms with Crippen LogP contribution in [0.15, 0.2) is 30.3 Å².